The van der Waals surface area contributed by atoms with Crippen LogP contribution in [0.5, 0.6) is 5.75 Å². The van der Waals surface area contributed by atoms with Crippen molar-refractivity contribution >= 4 is 45.9 Å². The normalized spacial score (nSPS) is 11.6. The number of carbonyl (C=O) groups excluding carboxylic acids is 1. The molecule has 0 spiro atoms. The maximum Gasteiger partial charge on any atom is 0.250 e. The SMILES string of the molecule is CCn1c(SCC(=O)N/N=C/C(Br)=Cc2ccccc2)nnc1-c1ccc(OC)cc1. The monoisotopic (exact) mass is 499 g/mol. The molecule has 0 aliphatic heterocycles. The zero-order chi connectivity index (χ0) is 22.1. The zero-order valence-corrected chi connectivity index (χ0v) is 19.6. The van der Waals surface area contributed by atoms with Crippen molar-refractivity contribution in [1.29, 1.82) is 0 Å². The lowest BCUT2D eigenvalue weighted by Crippen LogP contribution is -2.19. The van der Waals surface area contributed by atoms with Crippen LogP contribution in [0.25, 0.3) is 17.5 Å². The van der Waals surface area contributed by atoms with E-state index in [0.717, 1.165) is 27.2 Å². The first-order valence-corrected chi connectivity index (χ1v) is 11.3. The topological polar surface area (TPSA) is 81.4 Å². The van der Waals surface area contributed by atoms with Crippen LogP contribution >= 0.6 is 27.7 Å². The third kappa shape index (κ3) is 6.53. The fraction of sp³-hybridized carbons (Fsp3) is 0.182. The molecule has 1 heterocycles. The minimum atomic E-state index is -0.224. The number of hydrazone groups is 1. The molecule has 3 aromatic rings. The van der Waals surface area contributed by atoms with Crippen molar-refractivity contribution in [3.05, 3.63) is 64.6 Å². The molecular formula is C22H22BrN5O2S. The van der Waals surface area contributed by atoms with Gasteiger partial charge in [-0.05, 0) is 58.8 Å². The summed E-state index contributed by atoms with van der Waals surface area (Å²) in [6.07, 6.45) is 3.46. The lowest BCUT2D eigenvalue weighted by Gasteiger charge is -2.07. The van der Waals surface area contributed by atoms with Crippen molar-refractivity contribution in [3.63, 3.8) is 0 Å². The fourth-order valence-electron chi connectivity index (χ4n) is 2.71. The quantitative estimate of drug-likeness (QED) is 0.264. The van der Waals surface area contributed by atoms with Crippen molar-refractivity contribution in [3.8, 4) is 17.1 Å². The number of aromatic nitrogens is 3. The number of halogens is 1. The van der Waals surface area contributed by atoms with Crippen molar-refractivity contribution < 1.29 is 9.53 Å². The van der Waals surface area contributed by atoms with Gasteiger partial charge in [0.25, 0.3) is 5.91 Å². The van der Waals surface area contributed by atoms with E-state index in [9.17, 15) is 4.79 Å². The minimum absolute atomic E-state index is 0.179. The van der Waals surface area contributed by atoms with Crippen LogP contribution in [0.3, 0.4) is 0 Å². The number of carbonyl (C=O) groups is 1. The van der Waals surface area contributed by atoms with Gasteiger partial charge in [0.05, 0.1) is 19.1 Å². The van der Waals surface area contributed by atoms with E-state index in [4.69, 9.17) is 4.74 Å². The van der Waals surface area contributed by atoms with Gasteiger partial charge in [-0.2, -0.15) is 5.10 Å². The summed E-state index contributed by atoms with van der Waals surface area (Å²) in [7, 11) is 1.63. The van der Waals surface area contributed by atoms with Gasteiger partial charge in [0, 0.05) is 16.6 Å². The Hall–Kier alpha value is -2.91. The highest BCUT2D eigenvalue weighted by atomic mass is 79.9. The number of rotatable bonds is 9. The molecule has 0 aliphatic rings. The molecule has 0 atom stereocenters. The largest absolute Gasteiger partial charge is 0.497 e. The lowest BCUT2D eigenvalue weighted by atomic mass is 10.2. The van der Waals surface area contributed by atoms with Crippen LogP contribution in [0, 0.1) is 0 Å². The molecule has 0 saturated carbocycles. The smallest absolute Gasteiger partial charge is 0.250 e. The Morgan fingerprint density at radius 2 is 1.94 bits per heavy atom. The number of hydrogen-bond acceptors (Lipinski definition) is 6. The predicted molar refractivity (Wildman–Crippen MR) is 128 cm³/mol. The molecular weight excluding hydrogens is 478 g/mol. The first-order chi connectivity index (χ1) is 15.1. The number of ether oxygens (including phenoxy) is 1. The molecule has 1 amide bonds. The summed E-state index contributed by atoms with van der Waals surface area (Å²) in [4.78, 5) is 12.2. The zero-order valence-electron chi connectivity index (χ0n) is 17.2. The van der Waals surface area contributed by atoms with Gasteiger partial charge in [-0.3, -0.25) is 4.79 Å². The maximum atomic E-state index is 12.2. The van der Waals surface area contributed by atoms with Gasteiger partial charge in [0.15, 0.2) is 11.0 Å². The molecule has 0 bridgehead atoms. The molecule has 0 fully saturated rings. The van der Waals surface area contributed by atoms with Crippen LogP contribution in [0.1, 0.15) is 12.5 Å². The van der Waals surface area contributed by atoms with Crippen LogP contribution in [0.4, 0.5) is 0 Å². The number of methoxy groups -OCH3 is 1. The Morgan fingerprint density at radius 3 is 2.61 bits per heavy atom. The molecule has 2 aromatic carbocycles. The molecule has 0 aliphatic carbocycles. The summed E-state index contributed by atoms with van der Waals surface area (Å²) in [5, 5.41) is 13.2. The summed E-state index contributed by atoms with van der Waals surface area (Å²) < 4.78 is 7.92. The van der Waals surface area contributed by atoms with Crippen molar-refractivity contribution in [1.82, 2.24) is 20.2 Å². The molecule has 0 radical (unpaired) electrons. The number of thioether (sulfide) groups is 1. The van der Waals surface area contributed by atoms with Crippen molar-refractivity contribution in [2.45, 2.75) is 18.6 Å². The number of benzene rings is 2. The van der Waals surface area contributed by atoms with Crippen LogP contribution in [-0.2, 0) is 11.3 Å². The van der Waals surface area contributed by atoms with Gasteiger partial charge in [0.2, 0.25) is 0 Å². The molecule has 3 rings (SSSR count). The van der Waals surface area contributed by atoms with E-state index in [1.54, 1.807) is 13.3 Å². The van der Waals surface area contributed by atoms with Gasteiger partial charge in [-0.15, -0.1) is 10.2 Å². The molecule has 1 N–H and O–H groups in total. The lowest BCUT2D eigenvalue weighted by molar-refractivity contribution is -0.118. The van der Waals surface area contributed by atoms with E-state index < -0.39 is 0 Å². The van der Waals surface area contributed by atoms with Gasteiger partial charge < -0.3 is 9.30 Å². The van der Waals surface area contributed by atoms with Crippen LogP contribution in [0.15, 0.2) is 69.3 Å². The molecule has 7 nitrogen and oxygen atoms in total. The van der Waals surface area contributed by atoms with E-state index in [-0.39, 0.29) is 11.7 Å². The first-order valence-electron chi connectivity index (χ1n) is 9.55. The van der Waals surface area contributed by atoms with Crippen molar-refractivity contribution in [2.24, 2.45) is 5.10 Å². The average molecular weight is 500 g/mol. The van der Waals surface area contributed by atoms with Crippen LogP contribution < -0.4 is 10.2 Å². The molecule has 31 heavy (non-hydrogen) atoms. The van der Waals surface area contributed by atoms with Crippen LogP contribution in [-0.4, -0.2) is 39.7 Å². The summed E-state index contributed by atoms with van der Waals surface area (Å²) in [6, 6.07) is 17.5. The Labute approximate surface area is 193 Å². The van der Waals surface area contributed by atoms with Gasteiger partial charge in [0.1, 0.15) is 5.75 Å². The van der Waals surface area contributed by atoms with E-state index in [1.165, 1.54) is 11.8 Å². The fourth-order valence-corrected chi connectivity index (χ4v) is 3.87. The number of nitrogens with one attached hydrogen (secondary N) is 1. The molecule has 9 heteroatoms. The maximum absolute atomic E-state index is 12.2. The molecule has 160 valence electrons. The van der Waals surface area contributed by atoms with Crippen LogP contribution in [0.2, 0.25) is 0 Å². The minimum Gasteiger partial charge on any atom is -0.497 e. The Morgan fingerprint density at radius 1 is 1.19 bits per heavy atom. The van der Waals surface area contributed by atoms with E-state index >= 15 is 0 Å². The Balaban J connectivity index is 1.56. The van der Waals surface area contributed by atoms with E-state index in [1.807, 2.05) is 72.2 Å². The molecule has 1 aromatic heterocycles. The van der Waals surface area contributed by atoms with Crippen molar-refractivity contribution in [2.75, 3.05) is 12.9 Å². The number of amides is 1. The van der Waals surface area contributed by atoms with E-state index in [0.29, 0.717) is 11.7 Å². The van der Waals surface area contributed by atoms with Gasteiger partial charge in [-0.1, -0.05) is 42.1 Å². The van der Waals surface area contributed by atoms with Gasteiger partial charge >= 0.3 is 0 Å². The van der Waals surface area contributed by atoms with Gasteiger partial charge in [-0.25, -0.2) is 5.43 Å². The standard InChI is InChI=1S/C22H22BrN5O2S/c1-3-28-21(17-9-11-19(30-2)12-10-17)26-27-22(28)31-15-20(29)25-24-14-18(23)13-16-7-5-4-6-8-16/h4-14H,3,15H2,1-2H3,(H,25,29)/b18-13?,24-14+. The highest BCUT2D eigenvalue weighted by Crippen LogP contribution is 2.25. The summed E-state index contributed by atoms with van der Waals surface area (Å²) in [5.41, 5.74) is 4.50. The second-order valence-corrected chi connectivity index (χ2v) is 8.16. The third-order valence-electron chi connectivity index (χ3n) is 4.19. The number of hydrogen-bond donors (Lipinski definition) is 1. The summed E-state index contributed by atoms with van der Waals surface area (Å²) in [6.45, 7) is 2.70. The van der Waals surface area contributed by atoms with E-state index in [2.05, 4.69) is 36.7 Å². The molecule has 0 unspecified atom stereocenters. The second-order valence-electron chi connectivity index (χ2n) is 6.30. The molecule has 0 saturated heterocycles. The highest BCUT2D eigenvalue weighted by Gasteiger charge is 2.14. The number of allylic oxidation sites excluding steroid dienone is 1. The third-order valence-corrected chi connectivity index (χ3v) is 5.60. The number of nitrogens with zero attached hydrogens (tertiary/aromatic N) is 4. The average Bonchev–Trinajstić information content (AvgIpc) is 3.21. The Kier molecular flexibility index (Phi) is 8.43. The first kappa shape index (κ1) is 22.8. The highest BCUT2D eigenvalue weighted by molar-refractivity contribution is 9.12. The Bertz CT molecular complexity index is 1070. The summed E-state index contributed by atoms with van der Waals surface area (Å²) >= 11 is 4.74. The summed E-state index contributed by atoms with van der Waals surface area (Å²) in [5.74, 6) is 1.49. The second kappa shape index (κ2) is 11.5. The predicted octanol–water partition coefficient (Wildman–Crippen LogP) is 4.60.